The molecule has 1 unspecified atom stereocenters. The zero-order chi connectivity index (χ0) is 19.5. The fourth-order valence-electron chi connectivity index (χ4n) is 2.15. The van der Waals surface area contributed by atoms with Gasteiger partial charge < -0.3 is 4.74 Å². The number of esters is 1. The highest BCUT2D eigenvalue weighted by molar-refractivity contribution is 7.91. The van der Waals surface area contributed by atoms with Crippen molar-refractivity contribution in [3.05, 3.63) is 59.1 Å². The summed E-state index contributed by atoms with van der Waals surface area (Å²) < 4.78 is 55.7. The normalized spacial score (nSPS) is 13.2. The molecule has 0 aliphatic carbocycles. The summed E-state index contributed by atoms with van der Waals surface area (Å²) in [4.78, 5) is 11.4. The molecule has 0 saturated heterocycles. The van der Waals surface area contributed by atoms with Gasteiger partial charge >= 0.3 is 5.97 Å². The van der Waals surface area contributed by atoms with Gasteiger partial charge in [0.2, 0.25) is 10.0 Å². The van der Waals surface area contributed by atoms with E-state index >= 15 is 0 Å². The summed E-state index contributed by atoms with van der Waals surface area (Å²) in [7, 11) is -6.84. The monoisotopic (exact) mass is 417 g/mol. The van der Waals surface area contributed by atoms with Gasteiger partial charge in [-0.2, -0.15) is 4.72 Å². The second-order valence-corrected chi connectivity index (χ2v) is 9.46. The lowest BCUT2D eigenvalue weighted by Crippen LogP contribution is -2.34. The van der Waals surface area contributed by atoms with Gasteiger partial charge in [-0.1, -0.05) is 41.9 Å². The lowest BCUT2D eigenvalue weighted by atomic mass is 10.1. The van der Waals surface area contributed by atoms with E-state index in [1.807, 2.05) is 0 Å². The van der Waals surface area contributed by atoms with E-state index in [9.17, 15) is 21.6 Å². The zero-order valence-corrected chi connectivity index (χ0v) is 16.2. The maximum atomic E-state index is 12.7. The molecule has 0 bridgehead atoms. The molecule has 1 atom stereocenters. The molecule has 7 nitrogen and oxygen atoms in total. The molecule has 0 fully saturated rings. The molecule has 0 heterocycles. The highest BCUT2D eigenvalue weighted by atomic mass is 35.5. The Bertz CT molecular complexity index is 1020. The average Bonchev–Trinajstić information content (AvgIpc) is 2.59. The first kappa shape index (κ1) is 20.4. The molecule has 0 amide bonds. The Kier molecular flexibility index (Phi) is 6.07. The van der Waals surface area contributed by atoms with Crippen molar-refractivity contribution in [3.63, 3.8) is 0 Å². The maximum Gasteiger partial charge on any atom is 0.328 e. The molecule has 0 radical (unpaired) electrons. The van der Waals surface area contributed by atoms with Gasteiger partial charge in [-0.25, -0.2) is 21.6 Å². The van der Waals surface area contributed by atoms with E-state index < -0.39 is 36.8 Å². The van der Waals surface area contributed by atoms with E-state index in [0.717, 1.165) is 19.4 Å². The average molecular weight is 418 g/mol. The molecule has 2 rings (SSSR count). The van der Waals surface area contributed by atoms with Crippen molar-refractivity contribution < 1.29 is 26.4 Å². The van der Waals surface area contributed by atoms with Crippen LogP contribution < -0.4 is 4.72 Å². The number of carbonyl (C=O) groups is 1. The number of methoxy groups -OCH3 is 1. The minimum Gasteiger partial charge on any atom is -0.468 e. The third kappa shape index (κ3) is 4.61. The second-order valence-electron chi connectivity index (χ2n) is 5.35. The van der Waals surface area contributed by atoms with Gasteiger partial charge in [-0.3, -0.25) is 0 Å². The Labute approximate surface area is 156 Å². The fourth-order valence-corrected chi connectivity index (χ4v) is 4.57. The smallest absolute Gasteiger partial charge is 0.328 e. The number of rotatable bonds is 6. The molecule has 0 aliphatic heterocycles. The summed E-state index contributed by atoms with van der Waals surface area (Å²) in [6.07, 6.45) is 0.946. The van der Waals surface area contributed by atoms with E-state index in [0.29, 0.717) is 5.56 Å². The van der Waals surface area contributed by atoms with Gasteiger partial charge in [0.1, 0.15) is 10.9 Å². The SMILES string of the molecule is COC(=O)C(NS(=O)(=O)c1cc(S(C)(=O)=O)ccc1Cl)c1ccccc1. The first-order valence-corrected chi connectivity index (χ1v) is 11.0. The number of sulfonamides is 1. The number of carbonyl (C=O) groups excluding carboxylic acids is 1. The largest absolute Gasteiger partial charge is 0.468 e. The lowest BCUT2D eigenvalue weighted by Gasteiger charge is -2.18. The molecule has 1 N–H and O–H groups in total. The zero-order valence-electron chi connectivity index (χ0n) is 13.8. The van der Waals surface area contributed by atoms with E-state index in [1.54, 1.807) is 30.3 Å². The molecule has 2 aromatic carbocycles. The first-order chi connectivity index (χ1) is 12.1. The molecule has 0 spiro atoms. The van der Waals surface area contributed by atoms with Crippen LogP contribution in [0.2, 0.25) is 5.02 Å². The van der Waals surface area contributed by atoms with Crippen LogP contribution in [0.15, 0.2) is 58.3 Å². The molecular formula is C16H16ClNO6S2. The summed E-state index contributed by atoms with van der Waals surface area (Å²) in [6.45, 7) is 0. The van der Waals surface area contributed by atoms with E-state index in [4.69, 9.17) is 11.6 Å². The lowest BCUT2D eigenvalue weighted by molar-refractivity contribution is -0.142. The van der Waals surface area contributed by atoms with Gasteiger partial charge in [-0.05, 0) is 23.8 Å². The Hall–Kier alpha value is -1.94. The van der Waals surface area contributed by atoms with Gasteiger partial charge in [0, 0.05) is 6.26 Å². The molecular weight excluding hydrogens is 402 g/mol. The molecule has 10 heteroatoms. The molecule has 140 valence electrons. The van der Waals surface area contributed by atoms with Crippen LogP contribution in [-0.2, 0) is 29.4 Å². The van der Waals surface area contributed by atoms with Crippen molar-refractivity contribution in [1.29, 1.82) is 0 Å². The predicted octanol–water partition coefficient (Wildman–Crippen LogP) is 1.94. The van der Waals surface area contributed by atoms with Crippen LogP contribution in [0, 0.1) is 0 Å². The summed E-state index contributed by atoms with van der Waals surface area (Å²) in [5, 5.41) is -0.179. The van der Waals surface area contributed by atoms with Crippen molar-refractivity contribution in [3.8, 4) is 0 Å². The quantitative estimate of drug-likeness (QED) is 0.720. The second kappa shape index (κ2) is 7.75. The Morgan fingerprint density at radius 2 is 1.69 bits per heavy atom. The van der Waals surface area contributed by atoms with Crippen molar-refractivity contribution in [2.24, 2.45) is 0 Å². The Morgan fingerprint density at radius 3 is 2.23 bits per heavy atom. The van der Waals surface area contributed by atoms with Crippen molar-refractivity contribution >= 4 is 37.4 Å². The Morgan fingerprint density at radius 1 is 1.08 bits per heavy atom. The first-order valence-electron chi connectivity index (χ1n) is 7.21. The standard InChI is InChI=1S/C16H16ClNO6S2/c1-24-16(19)15(11-6-4-3-5-7-11)18-26(22,23)14-10-12(25(2,20)21)8-9-13(14)17/h3-10,15,18H,1-2H3. The van der Waals surface area contributed by atoms with Gasteiger partial charge in [0.15, 0.2) is 9.84 Å². The molecule has 26 heavy (non-hydrogen) atoms. The number of hydrogen-bond acceptors (Lipinski definition) is 6. The number of ether oxygens (including phenoxy) is 1. The number of sulfone groups is 1. The fraction of sp³-hybridized carbons (Fsp3) is 0.188. The van der Waals surface area contributed by atoms with Crippen molar-refractivity contribution in [2.45, 2.75) is 15.8 Å². The third-order valence-electron chi connectivity index (χ3n) is 3.46. The van der Waals surface area contributed by atoms with Crippen LogP contribution >= 0.6 is 11.6 Å². The molecule has 2 aromatic rings. The van der Waals surface area contributed by atoms with Crippen LogP contribution in [0.1, 0.15) is 11.6 Å². The predicted molar refractivity (Wildman–Crippen MR) is 96.1 cm³/mol. The number of benzene rings is 2. The Balaban J connectivity index is 2.51. The van der Waals surface area contributed by atoms with Crippen LogP contribution in [-0.4, -0.2) is 36.2 Å². The van der Waals surface area contributed by atoms with Crippen LogP contribution in [0.25, 0.3) is 0 Å². The topological polar surface area (TPSA) is 107 Å². The summed E-state index contributed by atoms with van der Waals surface area (Å²) in [5.74, 6) is -0.824. The van der Waals surface area contributed by atoms with Crippen LogP contribution in [0.5, 0.6) is 0 Å². The number of halogens is 1. The highest BCUT2D eigenvalue weighted by Crippen LogP contribution is 2.27. The van der Waals surface area contributed by atoms with Crippen molar-refractivity contribution in [1.82, 2.24) is 4.72 Å². The van der Waals surface area contributed by atoms with E-state index in [-0.39, 0.29) is 9.92 Å². The van der Waals surface area contributed by atoms with E-state index in [2.05, 4.69) is 9.46 Å². The van der Waals surface area contributed by atoms with Crippen molar-refractivity contribution in [2.75, 3.05) is 13.4 Å². The van der Waals surface area contributed by atoms with E-state index in [1.165, 1.54) is 12.1 Å². The third-order valence-corrected chi connectivity index (χ3v) is 6.48. The minimum atomic E-state index is -4.32. The summed E-state index contributed by atoms with van der Waals surface area (Å²) in [6, 6.07) is 10.1. The molecule has 0 aliphatic rings. The van der Waals surface area contributed by atoms with Crippen LogP contribution in [0.3, 0.4) is 0 Å². The number of nitrogens with one attached hydrogen (secondary N) is 1. The molecule has 0 aromatic heterocycles. The van der Waals surface area contributed by atoms with Crippen LogP contribution in [0.4, 0.5) is 0 Å². The summed E-state index contributed by atoms with van der Waals surface area (Å²) >= 11 is 5.94. The van der Waals surface area contributed by atoms with Gasteiger partial charge in [-0.15, -0.1) is 0 Å². The maximum absolute atomic E-state index is 12.7. The molecule has 0 saturated carbocycles. The van der Waals surface area contributed by atoms with Gasteiger partial charge in [0.05, 0.1) is 17.0 Å². The summed E-state index contributed by atoms with van der Waals surface area (Å²) in [5.41, 5.74) is 0.360. The number of hydrogen-bond donors (Lipinski definition) is 1. The highest BCUT2D eigenvalue weighted by Gasteiger charge is 2.30. The minimum absolute atomic E-state index is 0.179. The van der Waals surface area contributed by atoms with Gasteiger partial charge in [0.25, 0.3) is 0 Å².